The molecule has 1 aromatic heterocycles. The van der Waals surface area contributed by atoms with Crippen molar-refractivity contribution >= 4 is 10.9 Å². The highest BCUT2D eigenvalue weighted by Gasteiger charge is 2.12. The molecule has 0 bridgehead atoms. The first kappa shape index (κ1) is 18.2. The number of aliphatic hydroxyl groups is 1. The van der Waals surface area contributed by atoms with Crippen molar-refractivity contribution in [3.05, 3.63) is 54.1 Å². The zero-order chi connectivity index (χ0) is 18.5. The Hall–Kier alpha value is -2.63. The average molecular weight is 352 g/mol. The molecule has 3 rings (SSSR count). The van der Waals surface area contributed by atoms with Crippen LogP contribution in [0, 0.1) is 6.92 Å². The number of hydrogen-bond acceptors (Lipinski definition) is 5. The average Bonchev–Trinajstić information content (AvgIpc) is 2.66. The standard InChI is InChI=1S/C21H24N2O3/c1-14-4-6-15(7-5-14)19-11-21(26-13-16(24)12-22-2)18-9-8-17(25-3)10-20(18)23-19/h4-11,16,22,24H,12-13H2,1-3H3/t16-/m0/s1. The van der Waals surface area contributed by atoms with Crippen LogP contribution in [0.3, 0.4) is 0 Å². The van der Waals surface area contributed by atoms with Gasteiger partial charge in [-0.25, -0.2) is 4.98 Å². The quantitative estimate of drug-likeness (QED) is 0.684. The van der Waals surface area contributed by atoms with Gasteiger partial charge in [-0.05, 0) is 26.1 Å². The van der Waals surface area contributed by atoms with Crippen molar-refractivity contribution in [2.75, 3.05) is 27.3 Å². The summed E-state index contributed by atoms with van der Waals surface area (Å²) in [6.07, 6.45) is -0.579. The van der Waals surface area contributed by atoms with E-state index < -0.39 is 6.10 Å². The van der Waals surface area contributed by atoms with E-state index in [-0.39, 0.29) is 6.61 Å². The molecule has 0 saturated carbocycles. The SMILES string of the molecule is CNC[C@H](O)COc1cc(-c2ccc(C)cc2)nc2cc(OC)ccc12. The van der Waals surface area contributed by atoms with Crippen LogP contribution in [0.5, 0.6) is 11.5 Å². The second-order valence-electron chi connectivity index (χ2n) is 6.28. The third-order valence-corrected chi connectivity index (χ3v) is 4.20. The summed E-state index contributed by atoms with van der Waals surface area (Å²) in [7, 11) is 3.43. The summed E-state index contributed by atoms with van der Waals surface area (Å²) in [6.45, 7) is 2.74. The number of fused-ring (bicyclic) bond motifs is 1. The fraction of sp³-hybridized carbons (Fsp3) is 0.286. The number of nitrogens with zero attached hydrogens (tertiary/aromatic N) is 1. The highest BCUT2D eigenvalue weighted by Crippen LogP contribution is 2.32. The van der Waals surface area contributed by atoms with Gasteiger partial charge in [-0.1, -0.05) is 29.8 Å². The first-order valence-electron chi connectivity index (χ1n) is 8.62. The van der Waals surface area contributed by atoms with Crippen LogP contribution in [0.15, 0.2) is 48.5 Å². The van der Waals surface area contributed by atoms with E-state index in [1.165, 1.54) is 5.56 Å². The molecule has 0 saturated heterocycles. The van der Waals surface area contributed by atoms with Crippen LogP contribution in [0.25, 0.3) is 22.2 Å². The number of aromatic nitrogens is 1. The van der Waals surface area contributed by atoms with Gasteiger partial charge in [0.15, 0.2) is 0 Å². The molecule has 136 valence electrons. The molecular weight excluding hydrogens is 328 g/mol. The van der Waals surface area contributed by atoms with Crippen molar-refractivity contribution in [1.29, 1.82) is 0 Å². The second kappa shape index (κ2) is 8.17. The van der Waals surface area contributed by atoms with E-state index in [0.717, 1.165) is 27.9 Å². The fourth-order valence-electron chi connectivity index (χ4n) is 2.78. The molecule has 1 heterocycles. The van der Waals surface area contributed by atoms with Gasteiger partial charge in [-0.15, -0.1) is 0 Å². The molecule has 5 nitrogen and oxygen atoms in total. The molecule has 1 atom stereocenters. The topological polar surface area (TPSA) is 63.6 Å². The lowest BCUT2D eigenvalue weighted by molar-refractivity contribution is 0.109. The Morgan fingerprint density at radius 2 is 1.88 bits per heavy atom. The summed E-state index contributed by atoms with van der Waals surface area (Å²) in [5, 5.41) is 13.8. The minimum atomic E-state index is -0.579. The molecule has 0 amide bonds. The molecule has 0 radical (unpaired) electrons. The van der Waals surface area contributed by atoms with Gasteiger partial charge in [0.25, 0.3) is 0 Å². The van der Waals surface area contributed by atoms with Crippen molar-refractivity contribution in [3.8, 4) is 22.8 Å². The van der Waals surface area contributed by atoms with Crippen LogP contribution in [0.1, 0.15) is 5.56 Å². The number of hydrogen-bond donors (Lipinski definition) is 2. The smallest absolute Gasteiger partial charge is 0.131 e. The molecular formula is C21H24N2O3. The van der Waals surface area contributed by atoms with Crippen LogP contribution < -0.4 is 14.8 Å². The van der Waals surface area contributed by atoms with Crippen molar-refractivity contribution in [3.63, 3.8) is 0 Å². The van der Waals surface area contributed by atoms with Gasteiger partial charge in [-0.2, -0.15) is 0 Å². The van der Waals surface area contributed by atoms with Crippen LogP contribution in [-0.4, -0.2) is 43.5 Å². The maximum absolute atomic E-state index is 9.96. The lowest BCUT2D eigenvalue weighted by Gasteiger charge is -2.15. The molecule has 3 aromatic rings. The minimum Gasteiger partial charge on any atom is -0.497 e. The Balaban J connectivity index is 2.03. The van der Waals surface area contributed by atoms with E-state index in [9.17, 15) is 5.11 Å². The summed E-state index contributed by atoms with van der Waals surface area (Å²) in [6, 6.07) is 15.8. The predicted octanol–water partition coefficient (Wildman–Crippen LogP) is 3.18. The normalized spacial score (nSPS) is 12.2. The zero-order valence-electron chi connectivity index (χ0n) is 15.3. The molecule has 0 spiro atoms. The summed E-state index contributed by atoms with van der Waals surface area (Å²) in [5.74, 6) is 1.44. The third kappa shape index (κ3) is 4.12. The number of nitrogens with one attached hydrogen (secondary N) is 1. The van der Waals surface area contributed by atoms with Gasteiger partial charge in [0.1, 0.15) is 24.2 Å². The van der Waals surface area contributed by atoms with Gasteiger partial charge < -0.3 is 19.9 Å². The molecule has 5 heteroatoms. The number of pyridine rings is 1. The number of aryl methyl sites for hydroxylation is 1. The lowest BCUT2D eigenvalue weighted by Crippen LogP contribution is -2.29. The van der Waals surface area contributed by atoms with Gasteiger partial charge >= 0.3 is 0 Å². The fourth-order valence-corrected chi connectivity index (χ4v) is 2.78. The van der Waals surface area contributed by atoms with Crippen molar-refractivity contribution in [1.82, 2.24) is 10.3 Å². The molecule has 0 aliphatic heterocycles. The molecule has 2 N–H and O–H groups in total. The number of ether oxygens (including phenoxy) is 2. The number of rotatable bonds is 7. The Kier molecular flexibility index (Phi) is 5.71. The monoisotopic (exact) mass is 352 g/mol. The molecule has 0 unspecified atom stereocenters. The van der Waals surface area contributed by atoms with Gasteiger partial charge in [0.2, 0.25) is 0 Å². The number of likely N-dealkylation sites (N-methyl/N-ethyl adjacent to an activating group) is 1. The highest BCUT2D eigenvalue weighted by atomic mass is 16.5. The zero-order valence-corrected chi connectivity index (χ0v) is 15.3. The van der Waals surface area contributed by atoms with E-state index in [2.05, 4.69) is 24.4 Å². The highest BCUT2D eigenvalue weighted by molar-refractivity contribution is 5.89. The third-order valence-electron chi connectivity index (χ3n) is 4.20. The molecule has 0 aliphatic rings. The van der Waals surface area contributed by atoms with E-state index >= 15 is 0 Å². The molecule has 26 heavy (non-hydrogen) atoms. The van der Waals surface area contributed by atoms with E-state index in [0.29, 0.717) is 12.3 Å². The first-order valence-corrected chi connectivity index (χ1v) is 8.62. The maximum atomic E-state index is 9.96. The predicted molar refractivity (Wildman–Crippen MR) is 104 cm³/mol. The van der Waals surface area contributed by atoms with E-state index in [4.69, 9.17) is 14.5 Å². The van der Waals surface area contributed by atoms with Crippen LogP contribution in [-0.2, 0) is 0 Å². The summed E-state index contributed by atoms with van der Waals surface area (Å²) in [5.41, 5.74) is 3.83. The molecule has 2 aromatic carbocycles. The number of aliphatic hydroxyl groups excluding tert-OH is 1. The Morgan fingerprint density at radius 1 is 1.12 bits per heavy atom. The van der Waals surface area contributed by atoms with Crippen molar-refractivity contribution in [2.45, 2.75) is 13.0 Å². The molecule has 0 fully saturated rings. The summed E-state index contributed by atoms with van der Waals surface area (Å²) >= 11 is 0. The largest absolute Gasteiger partial charge is 0.497 e. The summed E-state index contributed by atoms with van der Waals surface area (Å²) < 4.78 is 11.2. The first-order chi connectivity index (χ1) is 12.6. The van der Waals surface area contributed by atoms with Gasteiger partial charge in [-0.3, -0.25) is 0 Å². The molecule has 0 aliphatic carbocycles. The maximum Gasteiger partial charge on any atom is 0.131 e. The summed E-state index contributed by atoms with van der Waals surface area (Å²) in [4.78, 5) is 4.77. The lowest BCUT2D eigenvalue weighted by atomic mass is 10.1. The number of methoxy groups -OCH3 is 1. The minimum absolute atomic E-state index is 0.208. The van der Waals surface area contributed by atoms with Crippen LogP contribution >= 0.6 is 0 Å². The second-order valence-corrected chi connectivity index (χ2v) is 6.28. The Morgan fingerprint density at radius 3 is 2.58 bits per heavy atom. The van der Waals surface area contributed by atoms with Crippen molar-refractivity contribution < 1.29 is 14.6 Å². The van der Waals surface area contributed by atoms with Gasteiger partial charge in [0, 0.05) is 29.6 Å². The van der Waals surface area contributed by atoms with Crippen LogP contribution in [0.2, 0.25) is 0 Å². The van der Waals surface area contributed by atoms with Crippen molar-refractivity contribution in [2.24, 2.45) is 0 Å². The number of benzene rings is 2. The van der Waals surface area contributed by atoms with Gasteiger partial charge in [0.05, 0.1) is 18.3 Å². The van der Waals surface area contributed by atoms with E-state index in [1.807, 2.05) is 36.4 Å². The van der Waals surface area contributed by atoms with Crippen LogP contribution in [0.4, 0.5) is 0 Å². The Labute approximate surface area is 153 Å². The Bertz CT molecular complexity index is 878. The van der Waals surface area contributed by atoms with E-state index in [1.54, 1.807) is 14.2 Å².